The van der Waals surface area contributed by atoms with Gasteiger partial charge in [0.2, 0.25) is 17.7 Å². The Balaban J connectivity index is 1.38. The Morgan fingerprint density at radius 2 is 1.93 bits per heavy atom. The molecule has 0 radical (unpaired) electrons. The fourth-order valence-corrected chi connectivity index (χ4v) is 2.71. The first-order valence-corrected chi connectivity index (χ1v) is 9.07. The Kier molecular flexibility index (Phi) is 6.54. The number of rotatable bonds is 8. The average Bonchev–Trinajstić information content (AvgIpc) is 3.13. The Hall–Kier alpha value is -2.73. The minimum Gasteiger partial charge on any atom is -0.421 e. The predicted molar refractivity (Wildman–Crippen MR) is 101 cm³/mol. The third kappa shape index (κ3) is 5.89. The lowest BCUT2D eigenvalue weighted by molar-refractivity contribution is -0.121. The monoisotopic (exact) mass is 387 g/mol. The number of nitrogens with zero attached hydrogens (tertiary/aromatic N) is 2. The van der Waals surface area contributed by atoms with Crippen molar-refractivity contribution in [3.63, 3.8) is 0 Å². The highest BCUT2D eigenvalue weighted by Gasteiger charge is 2.10. The molecule has 0 aliphatic carbocycles. The van der Waals surface area contributed by atoms with E-state index < -0.39 is 0 Å². The number of amides is 1. The molecule has 3 aromatic rings. The van der Waals surface area contributed by atoms with Crippen LogP contribution in [0.4, 0.5) is 4.39 Å². The van der Waals surface area contributed by atoms with Crippen molar-refractivity contribution in [2.75, 3.05) is 6.54 Å². The van der Waals surface area contributed by atoms with Gasteiger partial charge in [0.05, 0.1) is 0 Å². The van der Waals surface area contributed by atoms with Crippen molar-refractivity contribution in [3.8, 4) is 11.5 Å². The molecule has 140 valence electrons. The molecule has 0 aliphatic rings. The van der Waals surface area contributed by atoms with Gasteiger partial charge in [-0.3, -0.25) is 4.79 Å². The third-order valence-corrected chi connectivity index (χ3v) is 4.23. The second kappa shape index (κ2) is 9.28. The van der Waals surface area contributed by atoms with Crippen molar-refractivity contribution in [2.45, 2.75) is 25.7 Å². The number of benzene rings is 2. The number of aryl methyl sites for hydroxylation is 2. The Bertz CT molecular complexity index is 896. The van der Waals surface area contributed by atoms with Crippen LogP contribution >= 0.6 is 11.6 Å². The van der Waals surface area contributed by atoms with Gasteiger partial charge in [-0.2, -0.15) is 0 Å². The summed E-state index contributed by atoms with van der Waals surface area (Å²) in [4.78, 5) is 11.9. The van der Waals surface area contributed by atoms with E-state index in [0.717, 1.165) is 17.5 Å². The maximum absolute atomic E-state index is 13.1. The van der Waals surface area contributed by atoms with Crippen LogP contribution in [0.1, 0.15) is 24.3 Å². The molecule has 0 spiro atoms. The van der Waals surface area contributed by atoms with Crippen molar-refractivity contribution >= 4 is 17.5 Å². The lowest BCUT2D eigenvalue weighted by Crippen LogP contribution is -2.25. The molecule has 7 heteroatoms. The summed E-state index contributed by atoms with van der Waals surface area (Å²) in [6.45, 7) is 0.537. The van der Waals surface area contributed by atoms with E-state index in [-0.39, 0.29) is 18.1 Å². The predicted octanol–water partition coefficient (Wildman–Crippen LogP) is 4.21. The summed E-state index contributed by atoms with van der Waals surface area (Å²) in [6.07, 6.45) is 2.10. The van der Waals surface area contributed by atoms with Gasteiger partial charge < -0.3 is 9.73 Å². The van der Waals surface area contributed by atoms with Crippen molar-refractivity contribution in [3.05, 3.63) is 70.8 Å². The van der Waals surface area contributed by atoms with Crippen LogP contribution in [0, 0.1) is 5.82 Å². The first-order valence-electron chi connectivity index (χ1n) is 8.69. The molecular weight excluding hydrogens is 369 g/mol. The number of carbonyl (C=O) groups excluding carboxylic acids is 1. The van der Waals surface area contributed by atoms with Gasteiger partial charge in [0.25, 0.3) is 0 Å². The van der Waals surface area contributed by atoms with E-state index in [1.54, 1.807) is 30.3 Å². The van der Waals surface area contributed by atoms with Crippen molar-refractivity contribution in [2.24, 2.45) is 0 Å². The zero-order valence-electron chi connectivity index (χ0n) is 14.6. The third-order valence-electron chi connectivity index (χ3n) is 3.98. The largest absolute Gasteiger partial charge is 0.421 e. The summed E-state index contributed by atoms with van der Waals surface area (Å²) in [5, 5.41) is 11.4. The quantitative estimate of drug-likeness (QED) is 0.588. The maximum atomic E-state index is 13.1. The number of halogens is 2. The van der Waals surface area contributed by atoms with Gasteiger partial charge >= 0.3 is 0 Å². The van der Waals surface area contributed by atoms with Crippen LogP contribution < -0.4 is 5.32 Å². The maximum Gasteiger partial charge on any atom is 0.247 e. The highest BCUT2D eigenvalue weighted by atomic mass is 35.5. The van der Waals surface area contributed by atoms with Gasteiger partial charge in [-0.05, 0) is 54.8 Å². The summed E-state index contributed by atoms with van der Waals surface area (Å²) < 4.78 is 18.7. The summed E-state index contributed by atoms with van der Waals surface area (Å²) in [6, 6.07) is 13.6. The van der Waals surface area contributed by atoms with Gasteiger partial charge in [-0.25, -0.2) is 4.39 Å². The van der Waals surface area contributed by atoms with E-state index >= 15 is 0 Å². The van der Waals surface area contributed by atoms with Crippen LogP contribution in [0.25, 0.3) is 11.5 Å². The van der Waals surface area contributed by atoms with Gasteiger partial charge in [0, 0.05) is 30.0 Å². The van der Waals surface area contributed by atoms with E-state index in [0.29, 0.717) is 36.2 Å². The molecule has 0 atom stereocenters. The van der Waals surface area contributed by atoms with Crippen LogP contribution in [0.2, 0.25) is 5.02 Å². The highest BCUT2D eigenvalue weighted by Crippen LogP contribution is 2.20. The number of aromatic nitrogens is 2. The van der Waals surface area contributed by atoms with E-state index in [9.17, 15) is 9.18 Å². The molecule has 5 nitrogen and oxygen atoms in total. The standard InChI is InChI=1S/C20H19ClFN3O2/c21-16-8-6-15(7-9-16)20-25-24-19(27-20)11-10-18(26)23-12-2-4-14-3-1-5-17(22)13-14/h1,3,5-9,13H,2,4,10-12H2,(H,23,26). The first-order chi connectivity index (χ1) is 13.1. The van der Waals surface area contributed by atoms with Crippen molar-refractivity contribution in [1.29, 1.82) is 0 Å². The first kappa shape index (κ1) is 19.0. The number of carbonyl (C=O) groups is 1. The smallest absolute Gasteiger partial charge is 0.247 e. The lowest BCUT2D eigenvalue weighted by atomic mass is 10.1. The van der Waals surface area contributed by atoms with E-state index in [1.807, 2.05) is 6.07 Å². The van der Waals surface area contributed by atoms with Crippen LogP contribution in [0.5, 0.6) is 0 Å². The summed E-state index contributed by atoms with van der Waals surface area (Å²) in [7, 11) is 0. The molecule has 0 fully saturated rings. The molecule has 0 saturated heterocycles. The highest BCUT2D eigenvalue weighted by molar-refractivity contribution is 6.30. The minimum atomic E-state index is -0.242. The van der Waals surface area contributed by atoms with Crippen LogP contribution in [0.3, 0.4) is 0 Å². The normalized spacial score (nSPS) is 10.7. The van der Waals surface area contributed by atoms with Crippen LogP contribution in [-0.2, 0) is 17.6 Å². The van der Waals surface area contributed by atoms with Crippen LogP contribution in [0.15, 0.2) is 52.9 Å². The molecule has 1 amide bonds. The number of hydrogen-bond acceptors (Lipinski definition) is 4. The molecular formula is C20H19ClFN3O2. The molecule has 0 aliphatic heterocycles. The minimum absolute atomic E-state index is 0.0829. The average molecular weight is 388 g/mol. The molecule has 0 bridgehead atoms. The zero-order valence-corrected chi connectivity index (χ0v) is 15.4. The molecule has 1 heterocycles. The molecule has 2 aromatic carbocycles. The zero-order chi connectivity index (χ0) is 19.1. The fourth-order valence-electron chi connectivity index (χ4n) is 2.59. The van der Waals surface area contributed by atoms with Crippen molar-refractivity contribution in [1.82, 2.24) is 15.5 Å². The van der Waals surface area contributed by atoms with Gasteiger partial charge in [0.15, 0.2) is 0 Å². The molecule has 0 saturated carbocycles. The molecule has 27 heavy (non-hydrogen) atoms. The second-order valence-corrected chi connectivity index (χ2v) is 6.53. The Morgan fingerprint density at radius 1 is 1.11 bits per heavy atom. The van der Waals surface area contributed by atoms with Gasteiger partial charge in [-0.15, -0.1) is 10.2 Å². The van der Waals surface area contributed by atoms with E-state index in [4.69, 9.17) is 16.0 Å². The van der Waals surface area contributed by atoms with E-state index in [2.05, 4.69) is 15.5 Å². The summed E-state index contributed by atoms with van der Waals surface area (Å²) >= 11 is 5.85. The topological polar surface area (TPSA) is 68.0 Å². The molecule has 1 aromatic heterocycles. The summed E-state index contributed by atoms with van der Waals surface area (Å²) in [5.41, 5.74) is 1.70. The van der Waals surface area contributed by atoms with Crippen molar-refractivity contribution < 1.29 is 13.6 Å². The lowest BCUT2D eigenvalue weighted by Gasteiger charge is -2.04. The Morgan fingerprint density at radius 3 is 2.70 bits per heavy atom. The molecule has 3 rings (SSSR count). The van der Waals surface area contributed by atoms with E-state index in [1.165, 1.54) is 12.1 Å². The SMILES string of the molecule is O=C(CCc1nnc(-c2ccc(Cl)cc2)o1)NCCCc1cccc(F)c1. The van der Waals surface area contributed by atoms with Gasteiger partial charge in [0.1, 0.15) is 5.82 Å². The van der Waals surface area contributed by atoms with Crippen LogP contribution in [-0.4, -0.2) is 22.6 Å². The number of nitrogens with one attached hydrogen (secondary N) is 1. The fraction of sp³-hybridized carbons (Fsp3) is 0.250. The Labute approximate surface area is 161 Å². The molecule has 0 unspecified atom stereocenters. The summed E-state index contributed by atoms with van der Waals surface area (Å²) in [5.74, 6) is 0.488. The number of hydrogen-bond donors (Lipinski definition) is 1. The molecule has 1 N–H and O–H groups in total. The van der Waals surface area contributed by atoms with Gasteiger partial charge in [-0.1, -0.05) is 23.7 Å². The second-order valence-electron chi connectivity index (χ2n) is 6.09.